The second-order valence-corrected chi connectivity index (χ2v) is 5.94. The molecule has 1 heterocycles. The van der Waals surface area contributed by atoms with Crippen molar-refractivity contribution in [3.63, 3.8) is 0 Å². The van der Waals surface area contributed by atoms with Crippen LogP contribution >= 0.6 is 0 Å². The van der Waals surface area contributed by atoms with E-state index in [1.807, 2.05) is 32.0 Å². The number of amides is 1. The van der Waals surface area contributed by atoms with E-state index in [-0.39, 0.29) is 5.91 Å². The van der Waals surface area contributed by atoms with Gasteiger partial charge in [-0.3, -0.25) is 4.79 Å². The highest BCUT2D eigenvalue weighted by molar-refractivity contribution is 6.03. The largest absolute Gasteiger partial charge is 0.324 e. The van der Waals surface area contributed by atoms with Gasteiger partial charge in [0.05, 0.1) is 17.2 Å². The van der Waals surface area contributed by atoms with E-state index in [2.05, 4.69) is 26.7 Å². The second kappa shape index (κ2) is 7.45. The quantitative estimate of drug-likeness (QED) is 0.748. The third-order valence-electron chi connectivity index (χ3n) is 3.66. The number of aryl methyl sites for hydroxylation is 2. The van der Waals surface area contributed by atoms with Gasteiger partial charge in [-0.05, 0) is 61.4 Å². The molecule has 0 aliphatic rings. The summed E-state index contributed by atoms with van der Waals surface area (Å²) >= 11 is 0. The van der Waals surface area contributed by atoms with Crippen LogP contribution in [0.15, 0.2) is 54.9 Å². The molecule has 128 valence electrons. The van der Waals surface area contributed by atoms with Crippen LogP contribution in [0.4, 0.5) is 17.3 Å². The lowest BCUT2D eigenvalue weighted by Crippen LogP contribution is -2.13. The number of nitriles is 1. The molecule has 1 amide bonds. The third-order valence-corrected chi connectivity index (χ3v) is 3.66. The fourth-order valence-corrected chi connectivity index (χ4v) is 2.52. The summed E-state index contributed by atoms with van der Waals surface area (Å²) in [7, 11) is 0. The molecule has 2 aromatic carbocycles. The minimum Gasteiger partial charge on any atom is -0.324 e. The Balaban J connectivity index is 1.68. The number of aromatic nitrogens is 2. The van der Waals surface area contributed by atoms with E-state index >= 15 is 0 Å². The maximum atomic E-state index is 12.3. The van der Waals surface area contributed by atoms with E-state index in [0.29, 0.717) is 22.8 Å². The zero-order chi connectivity index (χ0) is 18.5. The molecular formula is C20H17N5O. The average Bonchev–Trinajstić information content (AvgIpc) is 2.62. The molecule has 6 heteroatoms. The molecule has 26 heavy (non-hydrogen) atoms. The number of carbonyl (C=O) groups excluding carboxylic acids is 1. The van der Waals surface area contributed by atoms with Crippen molar-refractivity contribution in [2.75, 3.05) is 10.6 Å². The summed E-state index contributed by atoms with van der Waals surface area (Å²) in [5.41, 5.74) is 4.68. The van der Waals surface area contributed by atoms with E-state index < -0.39 is 0 Å². The van der Waals surface area contributed by atoms with Crippen molar-refractivity contribution < 1.29 is 4.79 Å². The summed E-state index contributed by atoms with van der Waals surface area (Å²) in [5, 5.41) is 14.7. The van der Waals surface area contributed by atoms with Crippen molar-refractivity contribution in [2.24, 2.45) is 0 Å². The van der Waals surface area contributed by atoms with Gasteiger partial charge >= 0.3 is 0 Å². The predicted molar refractivity (Wildman–Crippen MR) is 100 cm³/mol. The Bertz CT molecular complexity index is 952. The van der Waals surface area contributed by atoms with Crippen LogP contribution < -0.4 is 10.6 Å². The van der Waals surface area contributed by atoms with Gasteiger partial charge < -0.3 is 10.6 Å². The van der Waals surface area contributed by atoms with Gasteiger partial charge in [0.2, 0.25) is 5.95 Å². The number of rotatable bonds is 4. The molecule has 0 aliphatic carbocycles. The lowest BCUT2D eigenvalue weighted by atomic mass is 10.1. The van der Waals surface area contributed by atoms with Crippen LogP contribution in [0.5, 0.6) is 0 Å². The summed E-state index contributed by atoms with van der Waals surface area (Å²) in [6, 6.07) is 14.8. The molecule has 0 radical (unpaired) electrons. The van der Waals surface area contributed by atoms with Crippen LogP contribution in [-0.2, 0) is 0 Å². The van der Waals surface area contributed by atoms with Crippen LogP contribution in [0.2, 0.25) is 0 Å². The van der Waals surface area contributed by atoms with Gasteiger partial charge in [0.1, 0.15) is 0 Å². The smallest absolute Gasteiger partial charge is 0.258 e. The molecule has 0 unspecified atom stereocenters. The molecular weight excluding hydrogens is 326 g/mol. The molecule has 3 aromatic rings. The summed E-state index contributed by atoms with van der Waals surface area (Å²) in [6.07, 6.45) is 2.94. The first kappa shape index (κ1) is 17.1. The van der Waals surface area contributed by atoms with Crippen LogP contribution in [0, 0.1) is 25.2 Å². The Labute approximate surface area is 151 Å². The van der Waals surface area contributed by atoms with Crippen molar-refractivity contribution in [1.29, 1.82) is 5.26 Å². The topological polar surface area (TPSA) is 90.7 Å². The Morgan fingerprint density at radius 3 is 2.15 bits per heavy atom. The number of anilines is 3. The van der Waals surface area contributed by atoms with Gasteiger partial charge in [0.25, 0.3) is 5.91 Å². The standard InChI is InChI=1S/C20H17N5O/c1-13-7-14(2)9-18(8-13)25-20-22-11-16(12-23-20)19(26)24-17-5-3-15(10-21)4-6-17/h3-9,11-12H,1-2H3,(H,24,26)(H,22,23,25). The first-order chi connectivity index (χ1) is 12.5. The summed E-state index contributed by atoms with van der Waals surface area (Å²) in [5.74, 6) is 0.109. The molecule has 1 aromatic heterocycles. The van der Waals surface area contributed by atoms with E-state index in [4.69, 9.17) is 5.26 Å². The first-order valence-electron chi connectivity index (χ1n) is 8.02. The monoisotopic (exact) mass is 343 g/mol. The van der Waals surface area contributed by atoms with Crippen LogP contribution in [0.25, 0.3) is 0 Å². The molecule has 0 aliphatic heterocycles. The highest BCUT2D eigenvalue weighted by Crippen LogP contribution is 2.17. The normalized spacial score (nSPS) is 10.0. The molecule has 0 spiro atoms. The first-order valence-corrected chi connectivity index (χ1v) is 8.02. The SMILES string of the molecule is Cc1cc(C)cc(Nc2ncc(C(=O)Nc3ccc(C#N)cc3)cn2)c1. The molecule has 0 bridgehead atoms. The number of nitrogens with one attached hydrogen (secondary N) is 2. The zero-order valence-electron chi connectivity index (χ0n) is 14.4. The molecule has 0 fully saturated rings. The number of carbonyl (C=O) groups is 1. The van der Waals surface area contributed by atoms with E-state index in [0.717, 1.165) is 16.8 Å². The number of hydrogen-bond donors (Lipinski definition) is 2. The Morgan fingerprint density at radius 1 is 0.962 bits per heavy atom. The number of benzene rings is 2. The van der Waals surface area contributed by atoms with Crippen molar-refractivity contribution in [3.8, 4) is 6.07 Å². The summed E-state index contributed by atoms with van der Waals surface area (Å²) in [6.45, 7) is 4.05. The Hall–Kier alpha value is -3.72. The molecule has 6 nitrogen and oxygen atoms in total. The maximum absolute atomic E-state index is 12.3. The highest BCUT2D eigenvalue weighted by atomic mass is 16.1. The fraction of sp³-hybridized carbons (Fsp3) is 0.100. The fourth-order valence-electron chi connectivity index (χ4n) is 2.52. The van der Waals surface area contributed by atoms with Gasteiger partial charge in [-0.25, -0.2) is 9.97 Å². The molecule has 3 rings (SSSR count). The van der Waals surface area contributed by atoms with Gasteiger partial charge in [-0.2, -0.15) is 5.26 Å². The van der Waals surface area contributed by atoms with Crippen molar-refractivity contribution in [2.45, 2.75) is 13.8 Å². The lowest BCUT2D eigenvalue weighted by molar-refractivity contribution is 0.102. The van der Waals surface area contributed by atoms with Crippen molar-refractivity contribution >= 4 is 23.2 Å². The van der Waals surface area contributed by atoms with E-state index in [9.17, 15) is 4.79 Å². The summed E-state index contributed by atoms with van der Waals surface area (Å²) in [4.78, 5) is 20.6. The van der Waals surface area contributed by atoms with Gasteiger partial charge in [0, 0.05) is 23.8 Å². The van der Waals surface area contributed by atoms with E-state index in [1.54, 1.807) is 24.3 Å². The Kier molecular flexibility index (Phi) is 4.90. The molecule has 0 saturated heterocycles. The van der Waals surface area contributed by atoms with Crippen molar-refractivity contribution in [3.05, 3.63) is 77.1 Å². The van der Waals surface area contributed by atoms with E-state index in [1.165, 1.54) is 12.4 Å². The van der Waals surface area contributed by atoms with Gasteiger partial charge in [0.15, 0.2) is 0 Å². The predicted octanol–water partition coefficient (Wildman–Crippen LogP) is 3.96. The number of nitrogens with zero attached hydrogens (tertiary/aromatic N) is 3. The number of hydrogen-bond acceptors (Lipinski definition) is 5. The van der Waals surface area contributed by atoms with Crippen LogP contribution in [-0.4, -0.2) is 15.9 Å². The summed E-state index contributed by atoms with van der Waals surface area (Å²) < 4.78 is 0. The van der Waals surface area contributed by atoms with Gasteiger partial charge in [-0.15, -0.1) is 0 Å². The minimum atomic E-state index is -0.312. The average molecular weight is 343 g/mol. The second-order valence-electron chi connectivity index (χ2n) is 5.94. The maximum Gasteiger partial charge on any atom is 0.258 e. The third kappa shape index (κ3) is 4.22. The van der Waals surface area contributed by atoms with Crippen LogP contribution in [0.3, 0.4) is 0 Å². The Morgan fingerprint density at radius 2 is 1.58 bits per heavy atom. The van der Waals surface area contributed by atoms with Crippen LogP contribution in [0.1, 0.15) is 27.0 Å². The van der Waals surface area contributed by atoms with Crippen molar-refractivity contribution in [1.82, 2.24) is 9.97 Å². The molecule has 0 saturated carbocycles. The lowest BCUT2D eigenvalue weighted by Gasteiger charge is -2.08. The molecule has 0 atom stereocenters. The molecule has 2 N–H and O–H groups in total. The minimum absolute atomic E-state index is 0.312. The zero-order valence-corrected chi connectivity index (χ0v) is 14.4. The van der Waals surface area contributed by atoms with Gasteiger partial charge in [-0.1, -0.05) is 6.07 Å². The highest BCUT2D eigenvalue weighted by Gasteiger charge is 2.08.